The highest BCUT2D eigenvalue weighted by molar-refractivity contribution is 5.76. The fourth-order valence-electron chi connectivity index (χ4n) is 2.72. The van der Waals surface area contributed by atoms with Crippen LogP contribution in [0.25, 0.3) is 0 Å². The Kier molecular flexibility index (Phi) is 3.48. The molecule has 1 aliphatic carbocycles. The maximum Gasteiger partial charge on any atom is 0.311 e. The number of nitriles is 1. The minimum Gasteiger partial charge on any atom is -0.481 e. The third kappa shape index (κ3) is 2.41. The van der Waals surface area contributed by atoms with E-state index in [1.54, 1.807) is 13.0 Å². The van der Waals surface area contributed by atoms with Gasteiger partial charge in [-0.3, -0.25) is 4.79 Å². The lowest BCUT2D eigenvalue weighted by Gasteiger charge is -2.29. The average Bonchev–Trinajstić information content (AvgIpc) is 2.73. The first-order valence-corrected chi connectivity index (χ1v) is 6.48. The van der Waals surface area contributed by atoms with E-state index in [1.807, 2.05) is 19.1 Å². The molecule has 1 saturated carbocycles. The van der Waals surface area contributed by atoms with Crippen LogP contribution in [0.5, 0.6) is 0 Å². The zero-order valence-corrected chi connectivity index (χ0v) is 11.2. The summed E-state index contributed by atoms with van der Waals surface area (Å²) >= 11 is 0. The molecule has 2 rings (SSSR count). The Bertz CT molecular complexity index is 548. The van der Waals surface area contributed by atoms with Crippen molar-refractivity contribution in [2.24, 2.45) is 5.41 Å². The van der Waals surface area contributed by atoms with Crippen molar-refractivity contribution in [2.75, 3.05) is 5.32 Å². The summed E-state index contributed by atoms with van der Waals surface area (Å²) < 4.78 is 0. The van der Waals surface area contributed by atoms with Crippen LogP contribution in [0.15, 0.2) is 18.2 Å². The number of carboxylic acids is 1. The molecule has 2 atom stereocenters. The van der Waals surface area contributed by atoms with Gasteiger partial charge in [0.25, 0.3) is 0 Å². The van der Waals surface area contributed by atoms with E-state index in [4.69, 9.17) is 5.26 Å². The van der Waals surface area contributed by atoms with Crippen molar-refractivity contribution in [2.45, 2.75) is 39.2 Å². The van der Waals surface area contributed by atoms with Crippen LogP contribution in [0.4, 0.5) is 5.69 Å². The van der Waals surface area contributed by atoms with E-state index < -0.39 is 11.4 Å². The summed E-state index contributed by atoms with van der Waals surface area (Å²) in [7, 11) is 0. The van der Waals surface area contributed by atoms with Crippen molar-refractivity contribution in [3.8, 4) is 6.07 Å². The molecule has 0 amide bonds. The van der Waals surface area contributed by atoms with Gasteiger partial charge in [0, 0.05) is 6.04 Å². The second kappa shape index (κ2) is 4.93. The maximum absolute atomic E-state index is 11.4. The Morgan fingerprint density at radius 2 is 2.32 bits per heavy atom. The van der Waals surface area contributed by atoms with Gasteiger partial charge < -0.3 is 10.4 Å². The first-order chi connectivity index (χ1) is 8.97. The van der Waals surface area contributed by atoms with E-state index in [1.165, 1.54) is 0 Å². The van der Waals surface area contributed by atoms with Crippen LogP contribution in [0.3, 0.4) is 0 Å². The molecule has 19 heavy (non-hydrogen) atoms. The predicted molar refractivity (Wildman–Crippen MR) is 72.9 cm³/mol. The van der Waals surface area contributed by atoms with Crippen molar-refractivity contribution >= 4 is 11.7 Å². The average molecular weight is 258 g/mol. The van der Waals surface area contributed by atoms with Crippen molar-refractivity contribution in [1.82, 2.24) is 0 Å². The highest BCUT2D eigenvalue weighted by atomic mass is 16.4. The molecular weight excluding hydrogens is 240 g/mol. The number of nitrogens with zero attached hydrogens (tertiary/aromatic N) is 1. The molecular formula is C15H18N2O2. The first kappa shape index (κ1) is 13.4. The molecule has 2 N–H and O–H groups in total. The lowest BCUT2D eigenvalue weighted by atomic mass is 9.84. The maximum atomic E-state index is 11.4. The molecule has 4 nitrogen and oxygen atoms in total. The number of hydrogen-bond acceptors (Lipinski definition) is 3. The number of carbonyl (C=O) groups is 1. The molecule has 100 valence electrons. The topological polar surface area (TPSA) is 73.1 Å². The molecule has 0 bridgehead atoms. The Hall–Kier alpha value is -2.02. The zero-order valence-electron chi connectivity index (χ0n) is 11.2. The van der Waals surface area contributed by atoms with Crippen LogP contribution in [-0.2, 0) is 4.79 Å². The summed E-state index contributed by atoms with van der Waals surface area (Å²) in [6.45, 7) is 3.74. The molecule has 1 aromatic rings. The fraction of sp³-hybridized carbons (Fsp3) is 0.467. The molecule has 2 unspecified atom stereocenters. The number of aliphatic carboxylic acids is 1. The van der Waals surface area contributed by atoms with Crippen LogP contribution in [0.2, 0.25) is 0 Å². The summed E-state index contributed by atoms with van der Waals surface area (Å²) in [4.78, 5) is 11.4. The monoisotopic (exact) mass is 258 g/mol. The zero-order chi connectivity index (χ0) is 14.0. The summed E-state index contributed by atoms with van der Waals surface area (Å²) in [5.41, 5.74) is 1.60. The van der Waals surface area contributed by atoms with E-state index in [2.05, 4.69) is 11.4 Å². The van der Waals surface area contributed by atoms with E-state index >= 15 is 0 Å². The third-order valence-electron chi connectivity index (χ3n) is 4.07. The summed E-state index contributed by atoms with van der Waals surface area (Å²) in [5, 5.41) is 21.8. The number of benzene rings is 1. The highest BCUT2D eigenvalue weighted by Crippen LogP contribution is 2.40. The van der Waals surface area contributed by atoms with Crippen LogP contribution >= 0.6 is 0 Å². The van der Waals surface area contributed by atoms with E-state index in [0.29, 0.717) is 12.0 Å². The number of carboxylic acid groups (broad SMARTS) is 1. The summed E-state index contributed by atoms with van der Waals surface area (Å²) in [6.07, 6.45) is 2.39. The van der Waals surface area contributed by atoms with E-state index in [-0.39, 0.29) is 6.04 Å². The third-order valence-corrected chi connectivity index (χ3v) is 4.07. The molecule has 0 saturated heterocycles. The van der Waals surface area contributed by atoms with Crippen LogP contribution in [0, 0.1) is 23.7 Å². The normalized spacial score (nSPS) is 25.8. The van der Waals surface area contributed by atoms with Crippen molar-refractivity contribution < 1.29 is 9.90 Å². The molecule has 4 heteroatoms. The van der Waals surface area contributed by atoms with Crippen LogP contribution in [-0.4, -0.2) is 17.1 Å². The quantitative estimate of drug-likeness (QED) is 0.874. The minimum atomic E-state index is -0.770. The second-order valence-electron chi connectivity index (χ2n) is 5.47. The van der Waals surface area contributed by atoms with Gasteiger partial charge in [0.2, 0.25) is 0 Å². The lowest BCUT2D eigenvalue weighted by molar-refractivity contribution is -0.147. The number of anilines is 1. The van der Waals surface area contributed by atoms with Gasteiger partial charge in [0.05, 0.1) is 16.7 Å². The van der Waals surface area contributed by atoms with Crippen molar-refractivity contribution in [3.05, 3.63) is 29.3 Å². The molecule has 0 heterocycles. The second-order valence-corrected chi connectivity index (χ2v) is 5.47. The Morgan fingerprint density at radius 1 is 1.58 bits per heavy atom. The Balaban J connectivity index is 2.29. The molecule has 0 aliphatic heterocycles. The van der Waals surface area contributed by atoms with Crippen LogP contribution in [0.1, 0.15) is 37.3 Å². The van der Waals surface area contributed by atoms with Gasteiger partial charge in [0.15, 0.2) is 0 Å². The van der Waals surface area contributed by atoms with Crippen molar-refractivity contribution in [3.63, 3.8) is 0 Å². The number of aryl methyl sites for hydroxylation is 1. The first-order valence-electron chi connectivity index (χ1n) is 6.48. The highest BCUT2D eigenvalue weighted by Gasteiger charge is 2.45. The van der Waals surface area contributed by atoms with Gasteiger partial charge in [-0.15, -0.1) is 0 Å². The largest absolute Gasteiger partial charge is 0.481 e. The van der Waals surface area contributed by atoms with E-state index in [0.717, 1.165) is 24.1 Å². The van der Waals surface area contributed by atoms with Gasteiger partial charge >= 0.3 is 5.97 Å². The van der Waals surface area contributed by atoms with Crippen LogP contribution < -0.4 is 5.32 Å². The van der Waals surface area contributed by atoms with E-state index in [9.17, 15) is 9.90 Å². The SMILES string of the molecule is Cc1ccc(C#N)c(NC2CCCC2(C)C(=O)O)c1. The van der Waals surface area contributed by atoms with Gasteiger partial charge in [-0.05, 0) is 44.4 Å². The molecule has 1 aliphatic rings. The van der Waals surface area contributed by atoms with Crippen molar-refractivity contribution in [1.29, 1.82) is 5.26 Å². The standard InChI is InChI=1S/C15H18N2O2/c1-10-5-6-11(9-16)12(8-10)17-13-4-3-7-15(13,2)14(18)19/h5-6,8,13,17H,3-4,7H2,1-2H3,(H,18,19). The predicted octanol–water partition coefficient (Wildman–Crippen LogP) is 2.92. The molecule has 0 radical (unpaired) electrons. The number of rotatable bonds is 3. The summed E-state index contributed by atoms with van der Waals surface area (Å²) in [6, 6.07) is 7.57. The smallest absolute Gasteiger partial charge is 0.311 e. The number of hydrogen-bond donors (Lipinski definition) is 2. The Labute approximate surface area is 113 Å². The van der Waals surface area contributed by atoms with Gasteiger partial charge in [-0.2, -0.15) is 5.26 Å². The lowest BCUT2D eigenvalue weighted by Crippen LogP contribution is -2.40. The Morgan fingerprint density at radius 3 is 2.95 bits per heavy atom. The van der Waals surface area contributed by atoms with Gasteiger partial charge in [0.1, 0.15) is 6.07 Å². The molecule has 0 aromatic heterocycles. The van der Waals surface area contributed by atoms with Gasteiger partial charge in [-0.1, -0.05) is 12.5 Å². The minimum absolute atomic E-state index is 0.126. The fourth-order valence-corrected chi connectivity index (χ4v) is 2.72. The number of nitrogens with one attached hydrogen (secondary N) is 1. The summed E-state index contributed by atoms with van der Waals surface area (Å²) in [5.74, 6) is -0.770. The molecule has 1 aromatic carbocycles. The molecule has 0 spiro atoms. The molecule has 1 fully saturated rings. The van der Waals surface area contributed by atoms with Gasteiger partial charge in [-0.25, -0.2) is 0 Å².